The van der Waals surface area contributed by atoms with Crippen molar-refractivity contribution in [1.29, 1.82) is 0 Å². The molecule has 42 heavy (non-hydrogen) atoms. The highest BCUT2D eigenvalue weighted by Crippen LogP contribution is 2.40. The first-order valence-corrected chi connectivity index (χ1v) is 14.1. The maximum Gasteiger partial charge on any atom is 0.389 e. The van der Waals surface area contributed by atoms with Crippen LogP contribution in [0.3, 0.4) is 0 Å². The Morgan fingerprint density at radius 3 is 2.40 bits per heavy atom. The molecule has 0 bridgehead atoms. The van der Waals surface area contributed by atoms with Gasteiger partial charge in [0.15, 0.2) is 0 Å². The van der Waals surface area contributed by atoms with Crippen LogP contribution >= 0.6 is 0 Å². The molecule has 2 aliphatic rings. The van der Waals surface area contributed by atoms with Crippen molar-refractivity contribution < 1.29 is 36.7 Å². The Kier molecular flexibility index (Phi) is 9.68. The molecule has 1 aliphatic carbocycles. The van der Waals surface area contributed by atoms with E-state index in [0.29, 0.717) is 5.56 Å². The topological polar surface area (TPSA) is 96.9 Å². The van der Waals surface area contributed by atoms with E-state index in [9.17, 15) is 31.9 Å². The van der Waals surface area contributed by atoms with E-state index in [-0.39, 0.29) is 41.8 Å². The molecule has 0 saturated heterocycles. The standard InChI is InChI=1S/C31H35F4N3O4/c1-17(2)16-42-30(41)23(15-19-9-10-19)21(13-14-31(33,34)35)28(39)38-27-29(40)37-26-22(5-4-6-24(26)32)25(36-27)20-11-7-18(3)8-12-20/h4-8,11-12,17,19,21,23,27H,9-10,13-16H2,1-3H3,(H,37,40)(H,38,39)/t21-,23+,27-/m1/s1. The molecule has 2 aromatic carbocycles. The number of aryl methyl sites for hydroxylation is 1. The summed E-state index contributed by atoms with van der Waals surface area (Å²) in [6.45, 7) is 5.59. The number of halogens is 4. The van der Waals surface area contributed by atoms with E-state index in [4.69, 9.17) is 4.74 Å². The van der Waals surface area contributed by atoms with Crippen LogP contribution < -0.4 is 10.6 Å². The van der Waals surface area contributed by atoms with Crippen LogP contribution in [-0.4, -0.2) is 42.4 Å². The van der Waals surface area contributed by atoms with Gasteiger partial charge in [-0.1, -0.05) is 68.7 Å². The monoisotopic (exact) mass is 589 g/mol. The molecule has 2 N–H and O–H groups in total. The van der Waals surface area contributed by atoms with Crippen LogP contribution in [0, 0.1) is 36.4 Å². The van der Waals surface area contributed by atoms with E-state index in [1.165, 1.54) is 12.1 Å². The van der Waals surface area contributed by atoms with Crippen LogP contribution in [-0.2, 0) is 19.1 Å². The first-order valence-electron chi connectivity index (χ1n) is 14.1. The van der Waals surface area contributed by atoms with Crippen LogP contribution in [0.2, 0.25) is 0 Å². The maximum atomic E-state index is 14.8. The van der Waals surface area contributed by atoms with E-state index < -0.39 is 60.6 Å². The Morgan fingerprint density at radius 1 is 1.10 bits per heavy atom. The first kappa shape index (κ1) is 31.2. The average Bonchev–Trinajstić information content (AvgIpc) is 3.75. The minimum atomic E-state index is -4.57. The summed E-state index contributed by atoms with van der Waals surface area (Å²) in [4.78, 5) is 44.5. The van der Waals surface area contributed by atoms with E-state index in [0.717, 1.165) is 18.4 Å². The Hall–Kier alpha value is -3.76. The second-order valence-electron chi connectivity index (χ2n) is 11.5. The van der Waals surface area contributed by atoms with Crippen LogP contribution in [0.1, 0.15) is 62.6 Å². The van der Waals surface area contributed by atoms with Gasteiger partial charge in [-0.3, -0.25) is 14.4 Å². The van der Waals surface area contributed by atoms with Gasteiger partial charge >= 0.3 is 12.1 Å². The molecule has 7 nitrogen and oxygen atoms in total. The lowest BCUT2D eigenvalue weighted by molar-refractivity contribution is -0.159. The van der Waals surface area contributed by atoms with E-state index in [1.807, 2.05) is 32.9 Å². The van der Waals surface area contributed by atoms with Gasteiger partial charge in [0.05, 0.1) is 29.8 Å². The highest BCUT2D eigenvalue weighted by atomic mass is 19.4. The van der Waals surface area contributed by atoms with Gasteiger partial charge in [-0.2, -0.15) is 13.2 Å². The normalized spacial score (nSPS) is 18.3. The number of anilines is 1. The number of hydrogen-bond donors (Lipinski definition) is 2. The molecule has 1 heterocycles. The average molecular weight is 590 g/mol. The molecular formula is C31H35F4N3O4. The summed E-state index contributed by atoms with van der Waals surface area (Å²) in [7, 11) is 0. The number of benzene rings is 2. The summed E-state index contributed by atoms with van der Waals surface area (Å²) in [5, 5.41) is 4.93. The van der Waals surface area contributed by atoms with Crippen molar-refractivity contribution in [2.45, 2.75) is 65.2 Å². The zero-order chi connectivity index (χ0) is 30.6. The minimum Gasteiger partial charge on any atom is -0.465 e. The van der Waals surface area contributed by atoms with Crippen LogP contribution in [0.15, 0.2) is 47.5 Å². The number of para-hydroxylation sites is 1. The fourth-order valence-electron chi connectivity index (χ4n) is 4.91. The van der Waals surface area contributed by atoms with Gasteiger partial charge in [-0.25, -0.2) is 9.38 Å². The number of nitrogens with zero attached hydrogens (tertiary/aromatic N) is 1. The number of nitrogens with one attached hydrogen (secondary N) is 2. The van der Waals surface area contributed by atoms with Crippen molar-refractivity contribution in [2.75, 3.05) is 11.9 Å². The van der Waals surface area contributed by atoms with Crippen molar-refractivity contribution in [3.8, 4) is 0 Å². The third kappa shape index (κ3) is 8.17. The SMILES string of the molecule is Cc1ccc(C2=N[C@H](NC(=O)[C@H](CCC(F)(F)F)[C@H](CC3CC3)C(=O)OCC(C)C)C(=O)Nc3c(F)cccc32)cc1. The summed E-state index contributed by atoms with van der Waals surface area (Å²) < 4.78 is 60.2. The molecule has 3 atom stereocenters. The molecule has 0 aromatic heterocycles. The van der Waals surface area contributed by atoms with Crippen LogP contribution in [0.25, 0.3) is 0 Å². The lowest BCUT2D eigenvalue weighted by atomic mass is 9.83. The van der Waals surface area contributed by atoms with Crippen LogP contribution in [0.5, 0.6) is 0 Å². The smallest absolute Gasteiger partial charge is 0.389 e. The maximum absolute atomic E-state index is 14.8. The van der Waals surface area contributed by atoms with Crippen molar-refractivity contribution >= 4 is 29.2 Å². The first-order chi connectivity index (χ1) is 19.8. The van der Waals surface area contributed by atoms with Crippen LogP contribution in [0.4, 0.5) is 23.2 Å². The number of rotatable bonds is 11. The molecule has 226 valence electrons. The number of carbonyl (C=O) groups excluding carboxylic acids is 3. The number of ether oxygens (including phenoxy) is 1. The lowest BCUT2D eigenvalue weighted by Gasteiger charge is -2.27. The number of carbonyl (C=O) groups is 3. The van der Waals surface area contributed by atoms with Gasteiger partial charge in [0.2, 0.25) is 12.1 Å². The third-order valence-electron chi connectivity index (χ3n) is 7.33. The van der Waals surface area contributed by atoms with E-state index in [1.54, 1.807) is 18.2 Å². The molecule has 0 radical (unpaired) electrons. The predicted molar refractivity (Wildman–Crippen MR) is 149 cm³/mol. The fourth-order valence-corrected chi connectivity index (χ4v) is 4.91. The number of amides is 2. The number of alkyl halides is 3. The number of esters is 1. The summed E-state index contributed by atoms with van der Waals surface area (Å²) in [5.74, 6) is -5.69. The number of fused-ring (bicyclic) bond motifs is 1. The zero-order valence-corrected chi connectivity index (χ0v) is 23.8. The summed E-state index contributed by atoms with van der Waals surface area (Å²) in [6.07, 6.45) is -6.31. The fraction of sp³-hybridized carbons (Fsp3) is 0.484. The largest absolute Gasteiger partial charge is 0.465 e. The molecule has 1 fully saturated rings. The van der Waals surface area contributed by atoms with Gasteiger partial charge in [-0.15, -0.1) is 0 Å². The summed E-state index contributed by atoms with van der Waals surface area (Å²) in [6, 6.07) is 11.3. The molecular weight excluding hydrogens is 554 g/mol. The van der Waals surface area contributed by atoms with Gasteiger partial charge in [-0.05, 0) is 37.7 Å². The predicted octanol–water partition coefficient (Wildman–Crippen LogP) is 5.94. The second-order valence-corrected chi connectivity index (χ2v) is 11.5. The van der Waals surface area contributed by atoms with Gasteiger partial charge in [0, 0.05) is 17.5 Å². The molecule has 1 aliphatic heterocycles. The summed E-state index contributed by atoms with van der Waals surface area (Å²) >= 11 is 0. The molecule has 4 rings (SSSR count). The zero-order valence-electron chi connectivity index (χ0n) is 23.8. The highest BCUT2D eigenvalue weighted by Gasteiger charge is 2.42. The van der Waals surface area contributed by atoms with Crippen molar-refractivity contribution in [1.82, 2.24) is 5.32 Å². The highest BCUT2D eigenvalue weighted by molar-refractivity contribution is 6.20. The van der Waals surface area contributed by atoms with Crippen molar-refractivity contribution in [3.63, 3.8) is 0 Å². The quantitative estimate of drug-likeness (QED) is 0.251. The van der Waals surface area contributed by atoms with Crippen molar-refractivity contribution in [3.05, 3.63) is 65.0 Å². The Labute approximate surface area is 242 Å². The van der Waals surface area contributed by atoms with E-state index in [2.05, 4.69) is 15.6 Å². The summed E-state index contributed by atoms with van der Waals surface area (Å²) in [5.41, 5.74) is 1.86. The Morgan fingerprint density at radius 2 is 1.79 bits per heavy atom. The number of benzodiazepines with no additional fused rings is 1. The third-order valence-corrected chi connectivity index (χ3v) is 7.33. The Bertz CT molecular complexity index is 1340. The molecule has 0 spiro atoms. The molecule has 1 saturated carbocycles. The lowest BCUT2D eigenvalue weighted by Crippen LogP contribution is -2.47. The molecule has 0 unspecified atom stereocenters. The molecule has 2 amide bonds. The molecule has 11 heteroatoms. The van der Waals surface area contributed by atoms with Crippen molar-refractivity contribution in [2.24, 2.45) is 28.7 Å². The van der Waals surface area contributed by atoms with Gasteiger partial charge < -0.3 is 15.4 Å². The number of hydrogen-bond acceptors (Lipinski definition) is 5. The van der Waals surface area contributed by atoms with E-state index >= 15 is 0 Å². The van der Waals surface area contributed by atoms with Gasteiger partial charge in [0.25, 0.3) is 5.91 Å². The second kappa shape index (κ2) is 13.0. The molecule has 2 aromatic rings. The minimum absolute atomic E-state index is 0.00998. The number of aliphatic imine (C=N–C) groups is 1. The Balaban J connectivity index is 1.68. The van der Waals surface area contributed by atoms with Gasteiger partial charge in [0.1, 0.15) is 5.82 Å².